The molecular weight excluding hydrogens is 263 g/mol. The van der Waals surface area contributed by atoms with Crippen LogP contribution in [-0.4, -0.2) is 23.2 Å². The van der Waals surface area contributed by atoms with Crippen LogP contribution in [0.2, 0.25) is 0 Å². The maximum absolute atomic E-state index is 12.1. The third-order valence-corrected chi connectivity index (χ3v) is 2.36. The van der Waals surface area contributed by atoms with Gasteiger partial charge in [0.25, 0.3) is 0 Å². The number of rotatable bonds is 4. The predicted molar refractivity (Wildman–Crippen MR) is 62.1 cm³/mol. The zero-order chi connectivity index (χ0) is 14.6. The van der Waals surface area contributed by atoms with Gasteiger partial charge in [-0.15, -0.1) is 0 Å². The van der Waals surface area contributed by atoms with Crippen molar-refractivity contribution in [3.63, 3.8) is 0 Å². The van der Waals surface area contributed by atoms with Crippen LogP contribution in [0.3, 0.4) is 0 Å². The number of carbonyl (C=O) groups is 2. The second-order valence-corrected chi connectivity index (χ2v) is 3.89. The quantitative estimate of drug-likeness (QED) is 0.888. The summed E-state index contributed by atoms with van der Waals surface area (Å²) in [4.78, 5) is 21.8. The molecule has 0 radical (unpaired) electrons. The van der Waals surface area contributed by atoms with E-state index in [1.54, 1.807) is 5.32 Å². The molecule has 0 fully saturated rings. The Kier molecular flexibility index (Phi) is 4.52. The third-order valence-electron chi connectivity index (χ3n) is 2.36. The molecule has 2 N–H and O–H groups in total. The molecule has 7 heteroatoms. The van der Waals surface area contributed by atoms with Crippen LogP contribution >= 0.6 is 0 Å². The minimum atomic E-state index is -5.06. The van der Waals surface area contributed by atoms with Gasteiger partial charge in [0.05, 0.1) is 11.3 Å². The summed E-state index contributed by atoms with van der Waals surface area (Å²) in [6.07, 6.45) is -3.68. The number of carbonyl (C=O) groups excluding carboxylic acids is 1. The highest BCUT2D eigenvalue weighted by atomic mass is 19.4. The standard InChI is InChI=1S/C12H12F3NO3/c1-2-3-7-4-5-9(8(6-7)10(17)18)16-11(19)12(13,14)15/h4-6H,2-3H2,1H3,(H,16,19)(H,17,18). The lowest BCUT2D eigenvalue weighted by Gasteiger charge is -2.11. The van der Waals surface area contributed by atoms with Crippen molar-refractivity contribution in [1.82, 2.24) is 0 Å². The SMILES string of the molecule is CCCc1ccc(NC(=O)C(F)(F)F)c(C(=O)O)c1. The lowest BCUT2D eigenvalue weighted by Crippen LogP contribution is -2.30. The molecule has 0 bridgehead atoms. The number of nitrogens with one attached hydrogen (secondary N) is 1. The molecule has 19 heavy (non-hydrogen) atoms. The molecule has 4 nitrogen and oxygen atoms in total. The Labute approximate surface area is 107 Å². The highest BCUT2D eigenvalue weighted by Crippen LogP contribution is 2.22. The van der Waals surface area contributed by atoms with Gasteiger partial charge in [0.2, 0.25) is 0 Å². The number of benzene rings is 1. The number of hydrogen-bond donors (Lipinski definition) is 2. The second kappa shape index (κ2) is 5.73. The zero-order valence-electron chi connectivity index (χ0n) is 10.0. The van der Waals surface area contributed by atoms with Gasteiger partial charge in [0.15, 0.2) is 0 Å². The number of carboxylic acids is 1. The molecule has 0 unspecified atom stereocenters. The molecule has 0 heterocycles. The number of alkyl halides is 3. The minimum absolute atomic E-state index is 0.358. The first kappa shape index (κ1) is 15.0. The number of amides is 1. The summed E-state index contributed by atoms with van der Waals surface area (Å²) in [7, 11) is 0. The van der Waals surface area contributed by atoms with Crippen LogP contribution in [0.5, 0.6) is 0 Å². The summed E-state index contributed by atoms with van der Waals surface area (Å²) in [5.41, 5.74) is -0.0388. The predicted octanol–water partition coefficient (Wildman–Crippen LogP) is 2.84. The highest BCUT2D eigenvalue weighted by molar-refractivity contribution is 6.02. The van der Waals surface area contributed by atoms with E-state index in [9.17, 15) is 22.8 Å². The molecule has 0 aliphatic heterocycles. The summed E-state index contributed by atoms with van der Waals surface area (Å²) in [5.74, 6) is -3.59. The van der Waals surface area contributed by atoms with Gasteiger partial charge in [-0.25, -0.2) is 4.79 Å². The lowest BCUT2D eigenvalue weighted by atomic mass is 10.0. The second-order valence-electron chi connectivity index (χ2n) is 3.89. The molecule has 0 aliphatic rings. The summed E-state index contributed by atoms with van der Waals surface area (Å²) in [5, 5.41) is 10.5. The van der Waals surface area contributed by atoms with Crippen LogP contribution in [0.15, 0.2) is 18.2 Å². The van der Waals surface area contributed by atoms with E-state index in [-0.39, 0.29) is 11.3 Å². The average molecular weight is 275 g/mol. The highest BCUT2D eigenvalue weighted by Gasteiger charge is 2.39. The van der Waals surface area contributed by atoms with E-state index in [0.29, 0.717) is 12.0 Å². The first-order chi connectivity index (χ1) is 8.75. The Hall–Kier alpha value is -2.05. The van der Waals surface area contributed by atoms with Crippen LogP contribution in [0, 0.1) is 0 Å². The summed E-state index contributed by atoms with van der Waals surface area (Å²) in [6, 6.07) is 3.91. The number of carboxylic acid groups (broad SMARTS) is 1. The number of aromatic carboxylic acids is 1. The molecule has 1 amide bonds. The molecule has 1 aromatic rings. The Morgan fingerprint density at radius 2 is 1.95 bits per heavy atom. The summed E-state index contributed by atoms with van der Waals surface area (Å²) in [6.45, 7) is 1.89. The van der Waals surface area contributed by atoms with Gasteiger partial charge in [-0.05, 0) is 24.1 Å². The fraction of sp³-hybridized carbons (Fsp3) is 0.333. The van der Waals surface area contributed by atoms with E-state index in [1.807, 2.05) is 6.92 Å². The van der Waals surface area contributed by atoms with E-state index in [4.69, 9.17) is 5.11 Å². The van der Waals surface area contributed by atoms with Crippen LogP contribution in [0.25, 0.3) is 0 Å². The fourth-order valence-corrected chi connectivity index (χ4v) is 1.51. The maximum Gasteiger partial charge on any atom is 0.471 e. The zero-order valence-corrected chi connectivity index (χ0v) is 10.0. The van der Waals surface area contributed by atoms with Crippen molar-refractivity contribution in [1.29, 1.82) is 0 Å². The molecule has 1 aromatic carbocycles. The molecular formula is C12H12F3NO3. The molecule has 0 saturated heterocycles. The fourth-order valence-electron chi connectivity index (χ4n) is 1.51. The summed E-state index contributed by atoms with van der Waals surface area (Å²) >= 11 is 0. The van der Waals surface area contributed by atoms with Gasteiger partial charge in [-0.3, -0.25) is 4.79 Å². The van der Waals surface area contributed by atoms with Crippen molar-refractivity contribution < 1.29 is 27.9 Å². The van der Waals surface area contributed by atoms with Crippen molar-refractivity contribution >= 4 is 17.6 Å². The molecule has 1 rings (SSSR count). The lowest BCUT2D eigenvalue weighted by molar-refractivity contribution is -0.167. The van der Waals surface area contributed by atoms with Gasteiger partial charge in [-0.1, -0.05) is 19.4 Å². The van der Waals surface area contributed by atoms with E-state index in [2.05, 4.69) is 0 Å². The minimum Gasteiger partial charge on any atom is -0.478 e. The first-order valence-electron chi connectivity index (χ1n) is 5.50. The number of anilines is 1. The van der Waals surface area contributed by atoms with Gasteiger partial charge in [0.1, 0.15) is 0 Å². The third kappa shape index (κ3) is 3.97. The molecule has 0 spiro atoms. The molecule has 0 atom stereocenters. The topological polar surface area (TPSA) is 66.4 Å². The normalized spacial score (nSPS) is 11.2. The van der Waals surface area contributed by atoms with E-state index >= 15 is 0 Å². The van der Waals surface area contributed by atoms with Gasteiger partial charge in [-0.2, -0.15) is 13.2 Å². The van der Waals surface area contributed by atoms with Crippen LogP contribution in [0.4, 0.5) is 18.9 Å². The van der Waals surface area contributed by atoms with Gasteiger partial charge in [0, 0.05) is 0 Å². The van der Waals surface area contributed by atoms with Crippen molar-refractivity contribution in [2.75, 3.05) is 5.32 Å². The van der Waals surface area contributed by atoms with Crippen LogP contribution in [-0.2, 0) is 11.2 Å². The molecule has 0 aromatic heterocycles. The average Bonchev–Trinajstić information content (AvgIpc) is 2.29. The van der Waals surface area contributed by atoms with Crippen LogP contribution < -0.4 is 5.32 Å². The number of aryl methyl sites for hydroxylation is 1. The van der Waals surface area contributed by atoms with Crippen molar-refractivity contribution in [3.05, 3.63) is 29.3 Å². The smallest absolute Gasteiger partial charge is 0.471 e. The van der Waals surface area contributed by atoms with E-state index < -0.39 is 18.1 Å². The van der Waals surface area contributed by atoms with Crippen molar-refractivity contribution in [2.45, 2.75) is 25.9 Å². The Morgan fingerprint density at radius 3 is 2.42 bits per heavy atom. The van der Waals surface area contributed by atoms with Gasteiger partial charge >= 0.3 is 18.1 Å². The van der Waals surface area contributed by atoms with Crippen molar-refractivity contribution in [3.8, 4) is 0 Å². The van der Waals surface area contributed by atoms with Crippen LogP contribution in [0.1, 0.15) is 29.3 Å². The Bertz CT molecular complexity index is 497. The molecule has 104 valence electrons. The van der Waals surface area contributed by atoms with Crippen molar-refractivity contribution in [2.24, 2.45) is 0 Å². The van der Waals surface area contributed by atoms with E-state index in [0.717, 1.165) is 12.5 Å². The monoisotopic (exact) mass is 275 g/mol. The molecule has 0 saturated carbocycles. The summed E-state index contributed by atoms with van der Waals surface area (Å²) < 4.78 is 36.3. The Morgan fingerprint density at radius 1 is 1.32 bits per heavy atom. The Balaban J connectivity index is 3.07. The number of halogens is 3. The van der Waals surface area contributed by atoms with Gasteiger partial charge < -0.3 is 10.4 Å². The number of hydrogen-bond acceptors (Lipinski definition) is 2. The largest absolute Gasteiger partial charge is 0.478 e. The first-order valence-corrected chi connectivity index (χ1v) is 5.50. The van der Waals surface area contributed by atoms with E-state index in [1.165, 1.54) is 12.1 Å². The molecule has 0 aliphatic carbocycles. The maximum atomic E-state index is 12.1.